The monoisotopic (exact) mass is 368 g/mol. The van der Waals surface area contributed by atoms with Crippen molar-refractivity contribution in [2.24, 2.45) is 0 Å². The number of aliphatic hydroxyl groups is 1. The normalized spacial score (nSPS) is 26.5. The van der Waals surface area contributed by atoms with E-state index in [0.717, 1.165) is 5.56 Å². The van der Waals surface area contributed by atoms with Crippen molar-refractivity contribution in [1.29, 1.82) is 0 Å². The average Bonchev–Trinajstić information content (AvgIpc) is 2.97. The van der Waals surface area contributed by atoms with Crippen molar-refractivity contribution < 1.29 is 28.8 Å². The summed E-state index contributed by atoms with van der Waals surface area (Å²) in [5.41, 5.74) is 0.982. The Labute approximate surface area is 153 Å². The molecule has 1 aromatic carbocycles. The Morgan fingerprint density at radius 3 is 2.65 bits per heavy atom. The molecule has 3 N–H and O–H groups in total. The molecule has 0 aliphatic carbocycles. The number of aliphatic hydroxyl groups excluding tert-OH is 1. The zero-order chi connectivity index (χ0) is 18.9. The van der Waals surface area contributed by atoms with E-state index < -0.39 is 30.7 Å². The van der Waals surface area contributed by atoms with Gasteiger partial charge in [-0.1, -0.05) is 30.3 Å². The zero-order valence-corrected chi connectivity index (χ0v) is 15.4. The Balaban J connectivity index is 2.06. The molecule has 1 aliphatic rings. The van der Waals surface area contributed by atoms with Crippen LogP contribution in [0.4, 0.5) is 4.79 Å². The van der Waals surface area contributed by atoms with Crippen LogP contribution in [0.15, 0.2) is 30.3 Å². The van der Waals surface area contributed by atoms with Gasteiger partial charge in [-0.3, -0.25) is 0 Å². The quantitative estimate of drug-likeness (QED) is 0.592. The maximum absolute atomic E-state index is 11.4. The van der Waals surface area contributed by atoms with E-state index >= 15 is 0 Å². The van der Waals surface area contributed by atoms with Crippen LogP contribution in [0.5, 0.6) is 0 Å². The molecule has 1 heterocycles. The highest BCUT2D eigenvalue weighted by Gasteiger charge is 2.48. The molecule has 1 saturated heterocycles. The van der Waals surface area contributed by atoms with Gasteiger partial charge >= 0.3 is 6.03 Å². The molecule has 0 saturated carbocycles. The number of hydrogen-bond acceptors (Lipinski definition) is 6. The summed E-state index contributed by atoms with van der Waals surface area (Å²) in [6, 6.07) is 9.33. The fourth-order valence-corrected chi connectivity index (χ4v) is 2.84. The van der Waals surface area contributed by atoms with Gasteiger partial charge in [0.25, 0.3) is 0 Å². The van der Waals surface area contributed by atoms with E-state index in [2.05, 4.69) is 10.6 Å². The second kappa shape index (κ2) is 10.4. The fourth-order valence-electron chi connectivity index (χ4n) is 2.84. The largest absolute Gasteiger partial charge is 0.385 e. The van der Waals surface area contributed by atoms with Gasteiger partial charge in [-0.15, -0.1) is 0 Å². The van der Waals surface area contributed by atoms with Crippen molar-refractivity contribution in [3.05, 3.63) is 35.9 Å². The number of amides is 2. The van der Waals surface area contributed by atoms with Gasteiger partial charge in [0, 0.05) is 27.3 Å². The number of hydrogen-bond donors (Lipinski definition) is 3. The standard InChI is InChI=1S/C18H28N2O6/c1-4-24-17-14(21)16(25-11-12-8-6-5-7-9-12)15(26-17)13(23-3)10-20-18(22)19-2/h5-9,13-17,21H,4,10-11H2,1-3H3,(H2,19,20,22)/t13-,14-,15-,16-,17+/m1/s1. The Hall–Kier alpha value is -1.71. The van der Waals surface area contributed by atoms with E-state index in [4.69, 9.17) is 18.9 Å². The third-order valence-electron chi connectivity index (χ3n) is 4.21. The van der Waals surface area contributed by atoms with Crippen molar-refractivity contribution in [2.45, 2.75) is 44.2 Å². The van der Waals surface area contributed by atoms with E-state index in [1.807, 2.05) is 37.3 Å². The highest BCUT2D eigenvalue weighted by atomic mass is 16.7. The molecule has 0 unspecified atom stereocenters. The van der Waals surface area contributed by atoms with Crippen molar-refractivity contribution >= 4 is 6.03 Å². The summed E-state index contributed by atoms with van der Waals surface area (Å²) in [5, 5.41) is 15.7. The first-order valence-electron chi connectivity index (χ1n) is 8.69. The Kier molecular flexibility index (Phi) is 8.27. The molecular weight excluding hydrogens is 340 g/mol. The van der Waals surface area contributed by atoms with E-state index in [1.54, 1.807) is 0 Å². The van der Waals surface area contributed by atoms with Gasteiger partial charge in [-0.05, 0) is 12.5 Å². The summed E-state index contributed by atoms with van der Waals surface area (Å²) in [7, 11) is 3.05. The molecular formula is C18H28N2O6. The van der Waals surface area contributed by atoms with E-state index in [-0.39, 0.29) is 12.6 Å². The maximum atomic E-state index is 11.4. The number of benzene rings is 1. The SMILES string of the molecule is CCO[C@H]1O[C@H]([C@@H](CNC(=O)NC)OC)[C@H](OCc2ccccc2)[C@H]1O. The lowest BCUT2D eigenvalue weighted by Crippen LogP contribution is -2.48. The lowest BCUT2D eigenvalue weighted by Gasteiger charge is -2.27. The highest BCUT2D eigenvalue weighted by Crippen LogP contribution is 2.29. The first-order chi connectivity index (χ1) is 12.6. The number of rotatable bonds is 9. The second-order valence-corrected chi connectivity index (χ2v) is 5.91. The molecule has 1 aliphatic heterocycles. The van der Waals surface area contributed by atoms with Gasteiger partial charge in [0.1, 0.15) is 24.4 Å². The third-order valence-corrected chi connectivity index (χ3v) is 4.21. The molecule has 0 aromatic heterocycles. The third kappa shape index (κ3) is 5.39. The highest BCUT2D eigenvalue weighted by molar-refractivity contribution is 5.73. The van der Waals surface area contributed by atoms with Crippen LogP contribution in [-0.4, -0.2) is 69.2 Å². The molecule has 1 fully saturated rings. The summed E-state index contributed by atoms with van der Waals surface area (Å²) in [6.45, 7) is 2.75. The van der Waals surface area contributed by atoms with Crippen LogP contribution >= 0.6 is 0 Å². The summed E-state index contributed by atoms with van der Waals surface area (Å²) in [5.74, 6) is 0. The van der Waals surface area contributed by atoms with Gasteiger partial charge in [0.05, 0.1) is 6.61 Å². The van der Waals surface area contributed by atoms with Gasteiger partial charge in [0.2, 0.25) is 0 Å². The number of carbonyl (C=O) groups is 1. The molecule has 0 radical (unpaired) electrons. The van der Waals surface area contributed by atoms with Gasteiger partial charge in [0.15, 0.2) is 6.29 Å². The molecule has 146 valence electrons. The van der Waals surface area contributed by atoms with Gasteiger partial charge in [-0.2, -0.15) is 0 Å². The Morgan fingerprint density at radius 1 is 1.31 bits per heavy atom. The van der Waals surface area contributed by atoms with Crippen LogP contribution in [0.25, 0.3) is 0 Å². The second-order valence-electron chi connectivity index (χ2n) is 5.91. The van der Waals surface area contributed by atoms with Gasteiger partial charge in [-0.25, -0.2) is 4.79 Å². The lowest BCUT2D eigenvalue weighted by molar-refractivity contribution is -0.177. The van der Waals surface area contributed by atoms with Crippen LogP contribution in [-0.2, 0) is 25.6 Å². The average molecular weight is 368 g/mol. The van der Waals surface area contributed by atoms with Crippen LogP contribution < -0.4 is 10.6 Å². The fraction of sp³-hybridized carbons (Fsp3) is 0.611. The van der Waals surface area contributed by atoms with Crippen molar-refractivity contribution in [3.63, 3.8) is 0 Å². The lowest BCUT2D eigenvalue weighted by atomic mass is 10.1. The van der Waals surface area contributed by atoms with Crippen molar-refractivity contribution in [1.82, 2.24) is 10.6 Å². The maximum Gasteiger partial charge on any atom is 0.314 e. The smallest absolute Gasteiger partial charge is 0.314 e. The Morgan fingerprint density at radius 2 is 2.04 bits per heavy atom. The molecule has 2 amide bonds. The van der Waals surface area contributed by atoms with Crippen molar-refractivity contribution in [3.8, 4) is 0 Å². The van der Waals surface area contributed by atoms with E-state index in [0.29, 0.717) is 13.2 Å². The number of methoxy groups -OCH3 is 1. The predicted octanol–water partition coefficient (Wildman–Crippen LogP) is 0.638. The van der Waals surface area contributed by atoms with Crippen molar-refractivity contribution in [2.75, 3.05) is 27.3 Å². The van der Waals surface area contributed by atoms with E-state index in [9.17, 15) is 9.90 Å². The van der Waals surface area contributed by atoms with Crippen LogP contribution in [0.2, 0.25) is 0 Å². The number of ether oxygens (including phenoxy) is 4. The molecule has 5 atom stereocenters. The first kappa shape index (κ1) is 20.6. The molecule has 0 spiro atoms. The first-order valence-corrected chi connectivity index (χ1v) is 8.69. The number of urea groups is 1. The topological polar surface area (TPSA) is 98.3 Å². The number of nitrogens with one attached hydrogen (secondary N) is 2. The minimum Gasteiger partial charge on any atom is -0.385 e. The molecule has 8 nitrogen and oxygen atoms in total. The predicted molar refractivity (Wildman–Crippen MR) is 94.6 cm³/mol. The number of carbonyl (C=O) groups excluding carboxylic acids is 1. The molecule has 8 heteroatoms. The van der Waals surface area contributed by atoms with Crippen LogP contribution in [0.1, 0.15) is 12.5 Å². The summed E-state index contributed by atoms with van der Waals surface area (Å²) >= 11 is 0. The summed E-state index contributed by atoms with van der Waals surface area (Å²) < 4.78 is 22.7. The molecule has 2 rings (SSSR count). The molecule has 26 heavy (non-hydrogen) atoms. The summed E-state index contributed by atoms with van der Waals surface area (Å²) in [4.78, 5) is 11.4. The Bertz CT molecular complexity index is 544. The molecule has 0 bridgehead atoms. The minimum atomic E-state index is -0.957. The zero-order valence-electron chi connectivity index (χ0n) is 15.4. The van der Waals surface area contributed by atoms with Gasteiger partial charge < -0.3 is 34.7 Å². The van der Waals surface area contributed by atoms with E-state index in [1.165, 1.54) is 14.2 Å². The molecule has 1 aromatic rings. The van der Waals surface area contributed by atoms with Crippen LogP contribution in [0, 0.1) is 0 Å². The van der Waals surface area contributed by atoms with Crippen LogP contribution in [0.3, 0.4) is 0 Å². The summed E-state index contributed by atoms with van der Waals surface area (Å²) in [6.07, 6.45) is -3.51. The minimum absolute atomic E-state index is 0.206.